The maximum atomic E-state index is 10.9. The molecule has 0 saturated carbocycles. The molecule has 0 radical (unpaired) electrons. The van der Waals surface area contributed by atoms with Gasteiger partial charge in [0.25, 0.3) is 5.69 Å². The van der Waals surface area contributed by atoms with Gasteiger partial charge in [-0.15, -0.1) is 0 Å². The van der Waals surface area contributed by atoms with E-state index in [4.69, 9.17) is 0 Å². The summed E-state index contributed by atoms with van der Waals surface area (Å²) < 4.78 is 0. The molecular weight excluding hydrogens is 256 g/mol. The summed E-state index contributed by atoms with van der Waals surface area (Å²) >= 11 is 0. The van der Waals surface area contributed by atoms with Crippen molar-refractivity contribution in [2.45, 2.75) is 46.1 Å². The molecule has 0 amide bonds. The van der Waals surface area contributed by atoms with Crippen LogP contribution in [0.2, 0.25) is 0 Å². The Morgan fingerprint density at radius 1 is 1.25 bits per heavy atom. The first-order valence-corrected chi connectivity index (χ1v) is 7.03. The van der Waals surface area contributed by atoms with Crippen LogP contribution in [0.1, 0.15) is 40.0 Å². The molecule has 0 fully saturated rings. The van der Waals surface area contributed by atoms with Crippen molar-refractivity contribution in [3.8, 4) is 0 Å². The summed E-state index contributed by atoms with van der Waals surface area (Å²) in [5.41, 5.74) is 0.0428. The van der Waals surface area contributed by atoms with Gasteiger partial charge in [0.2, 0.25) is 0 Å². The number of pyridine rings is 1. The number of aromatic nitrogens is 1. The van der Waals surface area contributed by atoms with E-state index in [1.54, 1.807) is 7.05 Å². The maximum Gasteiger partial charge on any atom is 0.276 e. The molecule has 112 valence electrons. The van der Waals surface area contributed by atoms with Crippen LogP contribution in [0.25, 0.3) is 0 Å². The molecule has 1 aromatic heterocycles. The van der Waals surface area contributed by atoms with E-state index in [0.29, 0.717) is 17.6 Å². The molecule has 0 bridgehead atoms. The summed E-state index contributed by atoms with van der Waals surface area (Å²) in [5, 5.41) is 16.9. The van der Waals surface area contributed by atoms with Gasteiger partial charge in [0.05, 0.1) is 17.1 Å². The Hall–Kier alpha value is -1.85. The van der Waals surface area contributed by atoms with Crippen LogP contribution < -0.4 is 10.6 Å². The highest BCUT2D eigenvalue weighted by molar-refractivity contribution is 5.54. The Bertz CT molecular complexity index is 449. The number of hydrogen-bond donors (Lipinski definition) is 2. The van der Waals surface area contributed by atoms with Crippen LogP contribution in [0.3, 0.4) is 0 Å². The highest BCUT2D eigenvalue weighted by Crippen LogP contribution is 2.21. The van der Waals surface area contributed by atoms with Gasteiger partial charge in [-0.1, -0.05) is 26.7 Å². The number of nitro groups is 1. The third kappa shape index (κ3) is 5.42. The van der Waals surface area contributed by atoms with Crippen molar-refractivity contribution in [1.29, 1.82) is 0 Å². The summed E-state index contributed by atoms with van der Waals surface area (Å²) in [4.78, 5) is 14.8. The van der Waals surface area contributed by atoms with Crippen LogP contribution in [-0.2, 0) is 0 Å². The van der Waals surface area contributed by atoms with Gasteiger partial charge in [-0.05, 0) is 19.3 Å². The Balaban J connectivity index is 2.66. The van der Waals surface area contributed by atoms with E-state index < -0.39 is 4.92 Å². The summed E-state index contributed by atoms with van der Waals surface area (Å²) in [7, 11) is 1.70. The topological polar surface area (TPSA) is 80.1 Å². The molecule has 0 aliphatic heterocycles. The van der Waals surface area contributed by atoms with Crippen molar-refractivity contribution in [1.82, 2.24) is 4.98 Å². The number of nitrogens with zero attached hydrogens (tertiary/aromatic N) is 2. The minimum absolute atomic E-state index is 0.0428. The van der Waals surface area contributed by atoms with E-state index >= 15 is 0 Å². The lowest BCUT2D eigenvalue weighted by atomic mass is 10.0. The molecule has 1 heterocycles. The van der Waals surface area contributed by atoms with E-state index in [-0.39, 0.29) is 11.7 Å². The monoisotopic (exact) mass is 280 g/mol. The molecule has 6 nitrogen and oxygen atoms in total. The van der Waals surface area contributed by atoms with Gasteiger partial charge in [0.1, 0.15) is 11.6 Å². The van der Waals surface area contributed by atoms with Gasteiger partial charge in [-0.2, -0.15) is 0 Å². The van der Waals surface area contributed by atoms with Crippen molar-refractivity contribution >= 4 is 17.3 Å². The van der Waals surface area contributed by atoms with Gasteiger partial charge < -0.3 is 10.6 Å². The fourth-order valence-electron chi connectivity index (χ4n) is 1.98. The molecule has 1 unspecified atom stereocenters. The Labute approximate surface area is 120 Å². The second-order valence-corrected chi connectivity index (χ2v) is 5.47. The smallest absolute Gasteiger partial charge is 0.276 e. The van der Waals surface area contributed by atoms with E-state index in [9.17, 15) is 10.1 Å². The Morgan fingerprint density at radius 2 is 1.90 bits per heavy atom. The largest absolute Gasteiger partial charge is 0.373 e. The fourth-order valence-corrected chi connectivity index (χ4v) is 1.98. The molecule has 0 saturated heterocycles. The first-order chi connectivity index (χ1) is 9.42. The van der Waals surface area contributed by atoms with E-state index in [1.807, 2.05) is 0 Å². The van der Waals surface area contributed by atoms with Gasteiger partial charge in [0, 0.05) is 13.1 Å². The normalized spacial score (nSPS) is 12.2. The molecule has 6 heteroatoms. The predicted molar refractivity (Wildman–Crippen MR) is 82.2 cm³/mol. The summed E-state index contributed by atoms with van der Waals surface area (Å²) in [5.74, 6) is 1.74. The van der Waals surface area contributed by atoms with E-state index in [2.05, 4.69) is 36.4 Å². The van der Waals surface area contributed by atoms with Crippen LogP contribution in [-0.4, -0.2) is 23.0 Å². The minimum atomic E-state index is -0.406. The van der Waals surface area contributed by atoms with Crippen LogP contribution in [0.4, 0.5) is 17.3 Å². The van der Waals surface area contributed by atoms with Crippen molar-refractivity contribution in [3.05, 3.63) is 22.2 Å². The fraction of sp³-hybridized carbons (Fsp3) is 0.643. The highest BCUT2D eigenvalue weighted by Gasteiger charge is 2.12. The number of nitrogens with one attached hydrogen (secondary N) is 2. The SMILES string of the molecule is CNc1cc([N+](=O)[O-])cc(NC(C)CCCC(C)C)n1. The lowest BCUT2D eigenvalue weighted by Crippen LogP contribution is -2.16. The lowest BCUT2D eigenvalue weighted by Gasteiger charge is -2.15. The second kappa shape index (κ2) is 7.67. The van der Waals surface area contributed by atoms with Crippen LogP contribution in [0, 0.1) is 16.0 Å². The van der Waals surface area contributed by atoms with Crippen LogP contribution >= 0.6 is 0 Å². The molecule has 2 N–H and O–H groups in total. The molecule has 0 spiro atoms. The van der Waals surface area contributed by atoms with Crippen molar-refractivity contribution in [2.24, 2.45) is 5.92 Å². The third-order valence-corrected chi connectivity index (χ3v) is 3.09. The quantitative estimate of drug-likeness (QED) is 0.561. The number of hydrogen-bond acceptors (Lipinski definition) is 5. The molecule has 0 aliphatic rings. The van der Waals surface area contributed by atoms with Crippen molar-refractivity contribution in [3.63, 3.8) is 0 Å². The zero-order valence-electron chi connectivity index (χ0n) is 12.6. The average molecular weight is 280 g/mol. The average Bonchev–Trinajstić information content (AvgIpc) is 2.37. The van der Waals surface area contributed by atoms with Gasteiger partial charge in [-0.3, -0.25) is 10.1 Å². The summed E-state index contributed by atoms with van der Waals surface area (Å²) in [6.45, 7) is 6.48. The van der Waals surface area contributed by atoms with Crippen molar-refractivity contribution < 1.29 is 4.92 Å². The molecule has 0 aromatic carbocycles. The molecule has 0 aliphatic carbocycles. The molecule has 1 atom stereocenters. The minimum Gasteiger partial charge on any atom is -0.373 e. The maximum absolute atomic E-state index is 10.9. The number of anilines is 2. The molecule has 1 aromatic rings. The van der Waals surface area contributed by atoms with Gasteiger partial charge >= 0.3 is 0 Å². The molecule has 1 rings (SSSR count). The zero-order valence-corrected chi connectivity index (χ0v) is 12.6. The van der Waals surface area contributed by atoms with Crippen molar-refractivity contribution in [2.75, 3.05) is 17.7 Å². The van der Waals surface area contributed by atoms with Crippen LogP contribution in [0.15, 0.2) is 12.1 Å². The Morgan fingerprint density at radius 3 is 2.45 bits per heavy atom. The van der Waals surface area contributed by atoms with Crippen LogP contribution in [0.5, 0.6) is 0 Å². The zero-order chi connectivity index (χ0) is 15.1. The number of rotatable bonds is 8. The van der Waals surface area contributed by atoms with E-state index in [1.165, 1.54) is 18.6 Å². The second-order valence-electron chi connectivity index (χ2n) is 5.47. The first kappa shape index (κ1) is 16.2. The van der Waals surface area contributed by atoms with E-state index in [0.717, 1.165) is 12.8 Å². The predicted octanol–water partition coefficient (Wildman–Crippen LogP) is 3.66. The third-order valence-electron chi connectivity index (χ3n) is 3.09. The highest BCUT2D eigenvalue weighted by atomic mass is 16.6. The van der Waals surface area contributed by atoms with Gasteiger partial charge in [-0.25, -0.2) is 4.98 Å². The molecule has 20 heavy (non-hydrogen) atoms. The Kier molecular flexibility index (Phi) is 6.21. The lowest BCUT2D eigenvalue weighted by molar-refractivity contribution is -0.384. The first-order valence-electron chi connectivity index (χ1n) is 7.03. The summed E-state index contributed by atoms with van der Waals surface area (Å²) in [6, 6.07) is 3.14. The standard InChI is InChI=1S/C14H24N4O2/c1-10(2)6-5-7-11(3)16-14-9-12(18(19)20)8-13(15-4)17-14/h8-11H,5-7H2,1-4H3,(H2,15,16,17). The molecular formula is C14H24N4O2. The summed E-state index contributed by atoms with van der Waals surface area (Å²) in [6.07, 6.45) is 3.35. The van der Waals surface area contributed by atoms with Gasteiger partial charge in [0.15, 0.2) is 0 Å².